The Balaban J connectivity index is 1.55. The van der Waals surface area contributed by atoms with Crippen molar-refractivity contribution in [2.24, 2.45) is 0 Å². The van der Waals surface area contributed by atoms with Gasteiger partial charge >= 0.3 is 5.97 Å². The lowest BCUT2D eigenvalue weighted by Crippen LogP contribution is -3.13. The maximum Gasteiger partial charge on any atom is 0.340 e. The molecule has 3 aromatic rings. The van der Waals surface area contributed by atoms with Gasteiger partial charge < -0.3 is 24.0 Å². The van der Waals surface area contributed by atoms with Crippen molar-refractivity contribution >= 4 is 16.9 Å². The van der Waals surface area contributed by atoms with Gasteiger partial charge in [-0.15, -0.1) is 0 Å². The number of quaternary nitrogens is 1. The number of rotatable bonds is 9. The number of carbonyl (C=O) groups is 1. The van der Waals surface area contributed by atoms with E-state index >= 15 is 0 Å². The number of benzene rings is 2. The van der Waals surface area contributed by atoms with Crippen LogP contribution in [0, 0.1) is 6.92 Å². The van der Waals surface area contributed by atoms with Crippen LogP contribution in [0.5, 0.6) is 5.75 Å². The number of hydrogen-bond acceptors (Lipinski definition) is 4. The number of esters is 1. The van der Waals surface area contributed by atoms with Gasteiger partial charge in [0.05, 0.1) is 25.3 Å². The van der Waals surface area contributed by atoms with Crippen molar-refractivity contribution in [3.05, 3.63) is 65.4 Å². The number of carbonyl (C=O) groups excluding carboxylic acids is 1. The van der Waals surface area contributed by atoms with Crippen molar-refractivity contribution in [2.45, 2.75) is 52.2 Å². The second-order valence-corrected chi connectivity index (χ2v) is 9.26. The number of ether oxygens (including phenoxy) is 2. The Kier molecular flexibility index (Phi) is 8.25. The second-order valence-electron chi connectivity index (χ2n) is 9.26. The maximum atomic E-state index is 12.9. The lowest BCUT2D eigenvalue weighted by Gasteiger charge is -2.20. The molecule has 0 radical (unpaired) electrons. The van der Waals surface area contributed by atoms with Gasteiger partial charge in [-0.25, -0.2) is 4.79 Å². The standard InChI is InChI=1S/C28H36N2O4/c1-3-33-28(32)27-21(2)30(18-22-11-7-6-8-12-22)26-14-13-24(17-25(26)27)34-20-23(31)19-29-15-9-4-5-10-16-29/h6-8,11-14,17,23,31H,3-5,9-10,15-16,18-20H2,1-2H3/p+1/t23-/m1/s1. The first-order valence-electron chi connectivity index (χ1n) is 12.5. The SMILES string of the molecule is CCOC(=O)c1c(C)n(Cc2ccccc2)c2ccc(OC[C@H](O)C[NH+]3CCCCCC3)cc12. The quantitative estimate of drug-likeness (QED) is 0.476. The van der Waals surface area contributed by atoms with Crippen molar-refractivity contribution in [1.29, 1.82) is 0 Å². The monoisotopic (exact) mass is 465 g/mol. The van der Waals surface area contributed by atoms with Crippen molar-refractivity contribution < 1.29 is 24.3 Å². The lowest BCUT2D eigenvalue weighted by atomic mass is 10.1. The fraction of sp³-hybridized carbons (Fsp3) is 0.464. The van der Waals surface area contributed by atoms with Gasteiger partial charge in [0.2, 0.25) is 0 Å². The first kappa shape index (κ1) is 24.3. The lowest BCUT2D eigenvalue weighted by molar-refractivity contribution is -0.902. The molecule has 0 amide bonds. The minimum atomic E-state index is -0.516. The van der Waals surface area contributed by atoms with Crippen LogP contribution in [0.2, 0.25) is 0 Å². The molecule has 182 valence electrons. The Labute approximate surface area is 202 Å². The van der Waals surface area contributed by atoms with Crippen LogP contribution in [0.15, 0.2) is 48.5 Å². The minimum absolute atomic E-state index is 0.244. The molecule has 2 heterocycles. The first-order chi connectivity index (χ1) is 16.6. The van der Waals surface area contributed by atoms with E-state index < -0.39 is 6.10 Å². The van der Waals surface area contributed by atoms with Crippen molar-refractivity contribution in [1.82, 2.24) is 4.57 Å². The fourth-order valence-corrected chi connectivity index (χ4v) is 5.00. The molecule has 1 saturated heterocycles. The van der Waals surface area contributed by atoms with Crippen molar-refractivity contribution in [3.63, 3.8) is 0 Å². The molecule has 0 bridgehead atoms. The topological polar surface area (TPSA) is 65.1 Å². The number of nitrogens with one attached hydrogen (secondary N) is 1. The summed E-state index contributed by atoms with van der Waals surface area (Å²) in [7, 11) is 0. The molecule has 0 spiro atoms. The minimum Gasteiger partial charge on any atom is -0.491 e. The van der Waals surface area contributed by atoms with Crippen LogP contribution in [-0.2, 0) is 11.3 Å². The third-order valence-corrected chi connectivity index (χ3v) is 6.74. The number of hydrogen-bond donors (Lipinski definition) is 2. The molecule has 2 aromatic carbocycles. The van der Waals surface area contributed by atoms with Gasteiger partial charge in [-0.3, -0.25) is 0 Å². The van der Waals surface area contributed by atoms with Crippen LogP contribution >= 0.6 is 0 Å². The number of likely N-dealkylation sites (tertiary alicyclic amines) is 1. The predicted octanol–water partition coefficient (Wildman–Crippen LogP) is 3.37. The Morgan fingerprint density at radius 1 is 1.09 bits per heavy atom. The zero-order valence-electron chi connectivity index (χ0n) is 20.4. The summed E-state index contributed by atoms with van der Waals surface area (Å²) in [6.45, 7) is 7.98. The molecule has 6 nitrogen and oxygen atoms in total. The van der Waals surface area contributed by atoms with Gasteiger partial charge in [0.25, 0.3) is 0 Å². The average Bonchev–Trinajstić information content (AvgIpc) is 2.97. The van der Waals surface area contributed by atoms with E-state index in [0.717, 1.165) is 35.2 Å². The summed E-state index contributed by atoms with van der Waals surface area (Å²) in [4.78, 5) is 14.3. The van der Waals surface area contributed by atoms with E-state index in [2.05, 4.69) is 16.7 Å². The van der Waals surface area contributed by atoms with Crippen molar-refractivity contribution in [3.8, 4) is 5.75 Å². The molecule has 0 unspecified atom stereocenters. The zero-order valence-corrected chi connectivity index (χ0v) is 20.4. The predicted molar refractivity (Wildman–Crippen MR) is 134 cm³/mol. The Morgan fingerprint density at radius 3 is 2.53 bits per heavy atom. The molecular formula is C28H37N2O4+. The summed E-state index contributed by atoms with van der Waals surface area (Å²) in [6, 6.07) is 16.0. The van der Waals surface area contributed by atoms with Gasteiger partial charge in [-0.05, 0) is 63.3 Å². The van der Waals surface area contributed by atoms with Gasteiger partial charge in [-0.2, -0.15) is 0 Å². The summed E-state index contributed by atoms with van der Waals surface area (Å²) < 4.78 is 13.5. The van der Waals surface area contributed by atoms with Crippen LogP contribution in [0.3, 0.4) is 0 Å². The van der Waals surface area contributed by atoms with Crippen LogP contribution in [-0.4, -0.2) is 54.6 Å². The summed E-state index contributed by atoms with van der Waals surface area (Å²) >= 11 is 0. The molecule has 1 aliphatic rings. The molecular weight excluding hydrogens is 428 g/mol. The van der Waals surface area contributed by atoms with Crippen LogP contribution in [0.1, 0.15) is 54.2 Å². The van der Waals surface area contributed by atoms with Crippen LogP contribution in [0.25, 0.3) is 10.9 Å². The van der Waals surface area contributed by atoms with E-state index in [-0.39, 0.29) is 12.6 Å². The molecule has 1 atom stereocenters. The van der Waals surface area contributed by atoms with E-state index in [0.29, 0.717) is 31.0 Å². The first-order valence-corrected chi connectivity index (χ1v) is 12.5. The number of aliphatic hydroxyl groups excluding tert-OH is 1. The largest absolute Gasteiger partial charge is 0.491 e. The summed E-state index contributed by atoms with van der Waals surface area (Å²) in [5, 5.41) is 11.4. The number of nitrogens with zero attached hydrogens (tertiary/aromatic N) is 1. The molecule has 6 heteroatoms. The Morgan fingerprint density at radius 2 is 1.82 bits per heavy atom. The molecule has 4 rings (SSSR count). The van der Waals surface area contributed by atoms with E-state index in [1.54, 1.807) is 0 Å². The second kappa shape index (κ2) is 11.5. The highest BCUT2D eigenvalue weighted by molar-refractivity contribution is 6.06. The van der Waals surface area contributed by atoms with Crippen LogP contribution in [0.4, 0.5) is 0 Å². The molecule has 1 aliphatic heterocycles. The van der Waals surface area contributed by atoms with Gasteiger partial charge in [0, 0.05) is 23.1 Å². The summed E-state index contributed by atoms with van der Waals surface area (Å²) in [5.41, 5.74) is 3.58. The summed E-state index contributed by atoms with van der Waals surface area (Å²) in [6.07, 6.45) is 4.54. The molecule has 1 aromatic heterocycles. The van der Waals surface area contributed by atoms with Gasteiger partial charge in [0.1, 0.15) is 25.0 Å². The maximum absolute atomic E-state index is 12.9. The molecule has 0 saturated carbocycles. The molecule has 34 heavy (non-hydrogen) atoms. The zero-order chi connectivity index (χ0) is 23.9. The fourth-order valence-electron chi connectivity index (χ4n) is 5.00. The number of aliphatic hydroxyl groups is 1. The Hall–Kier alpha value is -2.83. The van der Waals surface area contributed by atoms with E-state index in [9.17, 15) is 9.90 Å². The molecule has 0 aliphatic carbocycles. The number of fused-ring (bicyclic) bond motifs is 1. The average molecular weight is 466 g/mol. The highest BCUT2D eigenvalue weighted by Crippen LogP contribution is 2.31. The highest BCUT2D eigenvalue weighted by atomic mass is 16.5. The normalized spacial score (nSPS) is 15.7. The molecule has 2 N–H and O–H groups in total. The molecule has 1 fully saturated rings. The van der Waals surface area contributed by atoms with E-state index in [1.165, 1.54) is 30.6 Å². The van der Waals surface area contributed by atoms with E-state index in [4.69, 9.17) is 9.47 Å². The third-order valence-electron chi connectivity index (χ3n) is 6.74. The smallest absolute Gasteiger partial charge is 0.340 e. The van der Waals surface area contributed by atoms with Crippen LogP contribution < -0.4 is 9.64 Å². The number of aromatic nitrogens is 1. The van der Waals surface area contributed by atoms with Gasteiger partial charge in [0.15, 0.2) is 0 Å². The third kappa shape index (κ3) is 5.80. The van der Waals surface area contributed by atoms with E-state index in [1.807, 2.05) is 50.2 Å². The summed E-state index contributed by atoms with van der Waals surface area (Å²) in [5.74, 6) is 0.332. The highest BCUT2D eigenvalue weighted by Gasteiger charge is 2.22. The van der Waals surface area contributed by atoms with Gasteiger partial charge in [-0.1, -0.05) is 30.3 Å². The Bertz CT molecular complexity index is 1080. The van der Waals surface area contributed by atoms with Crippen molar-refractivity contribution in [2.75, 3.05) is 32.8 Å².